The van der Waals surface area contributed by atoms with Crippen LogP contribution in [0.15, 0.2) is 41.2 Å². The van der Waals surface area contributed by atoms with E-state index in [4.69, 9.17) is 9.47 Å². The molecule has 0 aliphatic carbocycles. The molecule has 0 radical (unpaired) electrons. The number of methoxy groups -OCH3 is 2. The van der Waals surface area contributed by atoms with Crippen LogP contribution in [0.3, 0.4) is 0 Å². The molecule has 166 valence electrons. The van der Waals surface area contributed by atoms with Gasteiger partial charge in [-0.05, 0) is 38.5 Å². The number of aromatic nitrogens is 2. The van der Waals surface area contributed by atoms with Gasteiger partial charge in [-0.3, -0.25) is 9.48 Å². The Kier molecular flexibility index (Phi) is 6.09. The van der Waals surface area contributed by atoms with E-state index in [-0.39, 0.29) is 11.9 Å². The maximum Gasteiger partial charge on any atom is 0.419 e. The van der Waals surface area contributed by atoms with E-state index in [9.17, 15) is 22.4 Å². The Morgan fingerprint density at radius 1 is 1.06 bits per heavy atom. The van der Waals surface area contributed by atoms with E-state index in [2.05, 4.69) is 5.10 Å². The van der Waals surface area contributed by atoms with Crippen molar-refractivity contribution in [3.05, 3.63) is 58.0 Å². The molecule has 5 nitrogen and oxygen atoms in total. The first-order chi connectivity index (χ1) is 14.5. The number of benzene rings is 2. The van der Waals surface area contributed by atoms with Crippen molar-refractivity contribution < 1.29 is 27.0 Å². The fraction of sp³-hybridized carbons (Fsp3) is 0.364. The number of alkyl halides is 3. The molecule has 2 aromatic carbocycles. The maximum absolute atomic E-state index is 14.2. The Balaban J connectivity index is 2.35. The standard InChI is InChI=1S/C22H22F4N2O3/c1-21(2,31-4)11-12-28-19-14(8-6-10-16(19)30-3)20(29)18(27-28)13-7-5-9-15(23)17(13)22(24,25)26/h5-10H,11-12H2,1-4H3. The number of halogens is 4. The van der Waals surface area contributed by atoms with Gasteiger partial charge in [0.15, 0.2) is 0 Å². The van der Waals surface area contributed by atoms with Gasteiger partial charge in [0.05, 0.1) is 18.1 Å². The van der Waals surface area contributed by atoms with Crippen LogP contribution in [-0.4, -0.2) is 29.6 Å². The monoisotopic (exact) mass is 438 g/mol. The molecule has 31 heavy (non-hydrogen) atoms. The van der Waals surface area contributed by atoms with E-state index in [1.807, 2.05) is 13.8 Å². The first-order valence-corrected chi connectivity index (χ1v) is 9.49. The third-order valence-corrected chi connectivity index (χ3v) is 5.19. The van der Waals surface area contributed by atoms with E-state index in [1.165, 1.54) is 17.9 Å². The van der Waals surface area contributed by atoms with Gasteiger partial charge in [0.2, 0.25) is 5.43 Å². The number of ether oxygens (including phenoxy) is 2. The molecule has 0 saturated carbocycles. The molecule has 0 bridgehead atoms. The van der Waals surface area contributed by atoms with Gasteiger partial charge in [-0.1, -0.05) is 18.2 Å². The highest BCUT2D eigenvalue weighted by molar-refractivity contribution is 5.87. The van der Waals surface area contributed by atoms with Crippen LogP contribution in [0.2, 0.25) is 0 Å². The summed E-state index contributed by atoms with van der Waals surface area (Å²) in [6.45, 7) is 3.93. The number of hydrogen-bond donors (Lipinski definition) is 0. The lowest BCUT2D eigenvalue weighted by molar-refractivity contribution is -0.139. The van der Waals surface area contributed by atoms with E-state index < -0.39 is 39.8 Å². The Bertz CT molecular complexity index is 1170. The van der Waals surface area contributed by atoms with Crippen LogP contribution < -0.4 is 10.2 Å². The van der Waals surface area contributed by atoms with Crippen molar-refractivity contribution in [1.82, 2.24) is 9.78 Å². The third kappa shape index (κ3) is 4.41. The SMILES string of the molecule is COc1cccc2c(=O)c(-c3cccc(F)c3C(F)(F)F)nn(CCC(C)(C)OC)c12. The van der Waals surface area contributed by atoms with Crippen LogP contribution in [0.4, 0.5) is 17.6 Å². The molecule has 0 fully saturated rings. The lowest BCUT2D eigenvalue weighted by Gasteiger charge is -2.24. The first kappa shape index (κ1) is 22.7. The quantitative estimate of drug-likeness (QED) is 0.506. The number of fused-ring (bicyclic) bond motifs is 1. The average molecular weight is 438 g/mol. The molecule has 0 N–H and O–H groups in total. The van der Waals surface area contributed by atoms with Crippen LogP contribution >= 0.6 is 0 Å². The van der Waals surface area contributed by atoms with Gasteiger partial charge >= 0.3 is 6.18 Å². The average Bonchev–Trinajstić information content (AvgIpc) is 2.72. The molecular formula is C22H22F4N2O3. The van der Waals surface area contributed by atoms with E-state index in [0.717, 1.165) is 12.1 Å². The summed E-state index contributed by atoms with van der Waals surface area (Å²) in [7, 11) is 2.97. The van der Waals surface area contributed by atoms with Crippen molar-refractivity contribution in [2.45, 2.75) is 38.6 Å². The Hall–Kier alpha value is -2.94. The molecule has 0 atom stereocenters. The lowest BCUT2D eigenvalue weighted by Crippen LogP contribution is -2.26. The van der Waals surface area contributed by atoms with Gasteiger partial charge in [-0.2, -0.15) is 18.3 Å². The molecule has 9 heteroatoms. The van der Waals surface area contributed by atoms with Crippen LogP contribution in [-0.2, 0) is 17.5 Å². The Morgan fingerprint density at radius 2 is 1.74 bits per heavy atom. The van der Waals surface area contributed by atoms with Crippen LogP contribution in [0.1, 0.15) is 25.8 Å². The van der Waals surface area contributed by atoms with Gasteiger partial charge < -0.3 is 9.47 Å². The third-order valence-electron chi connectivity index (χ3n) is 5.19. The van der Waals surface area contributed by atoms with Crippen molar-refractivity contribution >= 4 is 10.9 Å². The molecule has 1 aromatic heterocycles. The summed E-state index contributed by atoms with van der Waals surface area (Å²) in [6.07, 6.45) is -4.55. The summed E-state index contributed by atoms with van der Waals surface area (Å²) in [6, 6.07) is 7.54. The van der Waals surface area contributed by atoms with Crippen molar-refractivity contribution in [1.29, 1.82) is 0 Å². The van der Waals surface area contributed by atoms with E-state index >= 15 is 0 Å². The van der Waals surface area contributed by atoms with Crippen LogP contribution in [0.25, 0.3) is 22.2 Å². The highest BCUT2D eigenvalue weighted by atomic mass is 19.4. The van der Waals surface area contributed by atoms with Gasteiger partial charge in [0.25, 0.3) is 0 Å². The molecule has 0 spiro atoms. The summed E-state index contributed by atoms with van der Waals surface area (Å²) in [5.74, 6) is -1.12. The number of hydrogen-bond acceptors (Lipinski definition) is 4. The molecule has 0 aliphatic heterocycles. The van der Waals surface area contributed by atoms with E-state index in [0.29, 0.717) is 23.8 Å². The van der Waals surface area contributed by atoms with Crippen LogP contribution in [0, 0.1) is 5.82 Å². The maximum atomic E-state index is 14.2. The van der Waals surface area contributed by atoms with Gasteiger partial charge in [-0.25, -0.2) is 4.39 Å². The number of rotatable bonds is 6. The van der Waals surface area contributed by atoms with Crippen molar-refractivity contribution in [2.75, 3.05) is 14.2 Å². The van der Waals surface area contributed by atoms with Gasteiger partial charge in [0.1, 0.15) is 28.3 Å². The summed E-state index contributed by atoms with van der Waals surface area (Å²) in [5, 5.41) is 4.36. The highest BCUT2D eigenvalue weighted by Gasteiger charge is 2.38. The Morgan fingerprint density at radius 3 is 2.35 bits per heavy atom. The normalized spacial score (nSPS) is 12.4. The smallest absolute Gasteiger partial charge is 0.419 e. The minimum absolute atomic E-state index is 0.122. The largest absolute Gasteiger partial charge is 0.494 e. The lowest BCUT2D eigenvalue weighted by atomic mass is 10.0. The molecule has 1 heterocycles. The zero-order valence-corrected chi connectivity index (χ0v) is 17.5. The summed E-state index contributed by atoms with van der Waals surface area (Å²) >= 11 is 0. The van der Waals surface area contributed by atoms with Gasteiger partial charge in [0, 0.05) is 19.2 Å². The minimum atomic E-state index is -5.00. The summed E-state index contributed by atoms with van der Waals surface area (Å²) < 4.78 is 67.1. The van der Waals surface area contributed by atoms with E-state index in [1.54, 1.807) is 19.2 Å². The number of aryl methyl sites for hydroxylation is 1. The topological polar surface area (TPSA) is 53.3 Å². The van der Waals surface area contributed by atoms with Crippen molar-refractivity contribution in [3.8, 4) is 17.0 Å². The second kappa shape index (κ2) is 8.30. The zero-order chi connectivity index (χ0) is 23.0. The minimum Gasteiger partial charge on any atom is -0.494 e. The Labute approximate surface area is 176 Å². The predicted octanol–water partition coefficient (Wildman–Crippen LogP) is 5.05. The second-order valence-electron chi connectivity index (χ2n) is 7.63. The number of nitrogens with zero attached hydrogens (tertiary/aromatic N) is 2. The molecule has 0 amide bonds. The van der Waals surface area contributed by atoms with Crippen molar-refractivity contribution in [3.63, 3.8) is 0 Å². The molecule has 0 unspecified atom stereocenters. The highest BCUT2D eigenvalue weighted by Crippen LogP contribution is 2.38. The van der Waals surface area contributed by atoms with Gasteiger partial charge in [-0.15, -0.1) is 0 Å². The van der Waals surface area contributed by atoms with Crippen molar-refractivity contribution in [2.24, 2.45) is 0 Å². The molecule has 0 aliphatic rings. The molecular weight excluding hydrogens is 416 g/mol. The zero-order valence-electron chi connectivity index (χ0n) is 17.5. The number of para-hydroxylation sites is 1. The first-order valence-electron chi connectivity index (χ1n) is 9.49. The van der Waals surface area contributed by atoms with Crippen LogP contribution in [0.5, 0.6) is 5.75 Å². The molecule has 0 saturated heterocycles. The summed E-state index contributed by atoms with van der Waals surface area (Å²) in [4.78, 5) is 13.2. The summed E-state index contributed by atoms with van der Waals surface area (Å²) in [5.41, 5.74) is -3.56. The molecule has 3 rings (SSSR count). The molecule has 3 aromatic rings. The fourth-order valence-electron chi connectivity index (χ4n) is 3.30. The second-order valence-corrected chi connectivity index (χ2v) is 7.63. The fourth-order valence-corrected chi connectivity index (χ4v) is 3.30. The predicted molar refractivity (Wildman–Crippen MR) is 109 cm³/mol.